The van der Waals surface area contributed by atoms with E-state index in [0.29, 0.717) is 40.0 Å². The van der Waals surface area contributed by atoms with Crippen molar-refractivity contribution in [2.75, 3.05) is 13.7 Å². The molecule has 25 heavy (non-hydrogen) atoms. The number of aldehydes is 1. The van der Waals surface area contributed by atoms with Crippen molar-refractivity contribution in [2.45, 2.75) is 31.8 Å². The van der Waals surface area contributed by atoms with E-state index < -0.39 is 11.6 Å². The lowest BCUT2D eigenvalue weighted by Crippen LogP contribution is -2.26. The van der Waals surface area contributed by atoms with Crippen LogP contribution in [0.5, 0.6) is 11.5 Å². The fourth-order valence-corrected chi connectivity index (χ4v) is 3.73. The Labute approximate surface area is 142 Å². The Morgan fingerprint density at radius 2 is 2.16 bits per heavy atom. The zero-order chi connectivity index (χ0) is 17.7. The van der Waals surface area contributed by atoms with Crippen LogP contribution in [0.25, 0.3) is 11.0 Å². The molecule has 1 aromatic heterocycles. The van der Waals surface area contributed by atoms with Gasteiger partial charge in [0.15, 0.2) is 0 Å². The highest BCUT2D eigenvalue weighted by atomic mass is 16.5. The molecule has 0 saturated heterocycles. The van der Waals surface area contributed by atoms with E-state index in [1.54, 1.807) is 6.07 Å². The Morgan fingerprint density at radius 1 is 1.36 bits per heavy atom. The summed E-state index contributed by atoms with van der Waals surface area (Å²) in [6.45, 7) is 2.05. The van der Waals surface area contributed by atoms with Gasteiger partial charge in [-0.15, -0.1) is 0 Å². The normalized spacial score (nSPS) is 21.3. The molecule has 3 heterocycles. The van der Waals surface area contributed by atoms with E-state index >= 15 is 0 Å². The summed E-state index contributed by atoms with van der Waals surface area (Å²) >= 11 is 0. The van der Waals surface area contributed by atoms with E-state index in [9.17, 15) is 14.4 Å². The van der Waals surface area contributed by atoms with E-state index in [1.165, 1.54) is 7.11 Å². The molecule has 0 bridgehead atoms. The SMILES string of the molecule is COc1cc2c(c3oc(=O)c4c(c13)CCOC4=O)[C@@H](CC=O)[C@@H](C)O2. The van der Waals surface area contributed by atoms with Crippen LogP contribution in [0.15, 0.2) is 15.3 Å². The summed E-state index contributed by atoms with van der Waals surface area (Å²) in [5, 5.41) is 0.570. The number of rotatable bonds is 3. The highest BCUT2D eigenvalue weighted by Gasteiger charge is 2.37. The topological polar surface area (TPSA) is 92.0 Å². The molecule has 0 unspecified atom stereocenters. The number of esters is 1. The molecular formula is C18H16O7. The molecule has 4 rings (SSSR count). The van der Waals surface area contributed by atoms with Gasteiger partial charge in [0.2, 0.25) is 0 Å². The highest BCUT2D eigenvalue weighted by Crippen LogP contribution is 2.48. The minimum Gasteiger partial charge on any atom is -0.496 e. The van der Waals surface area contributed by atoms with Crippen molar-refractivity contribution in [1.29, 1.82) is 0 Å². The fourth-order valence-electron chi connectivity index (χ4n) is 3.73. The largest absolute Gasteiger partial charge is 0.496 e. The van der Waals surface area contributed by atoms with Crippen LogP contribution < -0.4 is 15.1 Å². The second-order valence-corrected chi connectivity index (χ2v) is 6.16. The third kappa shape index (κ3) is 2.15. The van der Waals surface area contributed by atoms with Crippen molar-refractivity contribution in [3.63, 3.8) is 0 Å². The number of hydrogen-bond acceptors (Lipinski definition) is 7. The number of benzene rings is 1. The van der Waals surface area contributed by atoms with E-state index in [0.717, 1.165) is 6.29 Å². The third-order valence-electron chi connectivity index (χ3n) is 4.86. The Bertz CT molecular complexity index is 956. The van der Waals surface area contributed by atoms with Crippen molar-refractivity contribution >= 4 is 23.2 Å². The van der Waals surface area contributed by atoms with Gasteiger partial charge in [-0.1, -0.05) is 0 Å². The first kappa shape index (κ1) is 15.7. The molecular weight excluding hydrogens is 328 g/mol. The lowest BCUT2D eigenvalue weighted by Gasteiger charge is -2.19. The smallest absolute Gasteiger partial charge is 0.351 e. The average Bonchev–Trinajstić information content (AvgIpc) is 2.90. The van der Waals surface area contributed by atoms with Crippen LogP contribution in [0.4, 0.5) is 0 Å². The number of methoxy groups -OCH3 is 1. The molecule has 2 atom stereocenters. The molecule has 0 N–H and O–H groups in total. The van der Waals surface area contributed by atoms with Gasteiger partial charge >= 0.3 is 11.6 Å². The van der Waals surface area contributed by atoms with Gasteiger partial charge in [0.25, 0.3) is 0 Å². The Kier molecular flexibility index (Phi) is 3.52. The Balaban J connectivity index is 2.12. The summed E-state index contributed by atoms with van der Waals surface area (Å²) < 4.78 is 21.8. The van der Waals surface area contributed by atoms with Gasteiger partial charge in [-0.25, -0.2) is 9.59 Å². The highest BCUT2D eigenvalue weighted by molar-refractivity contribution is 6.01. The van der Waals surface area contributed by atoms with Gasteiger partial charge in [0, 0.05) is 30.4 Å². The minimum atomic E-state index is -0.743. The third-order valence-corrected chi connectivity index (χ3v) is 4.86. The van der Waals surface area contributed by atoms with E-state index in [4.69, 9.17) is 18.6 Å². The lowest BCUT2D eigenvalue weighted by molar-refractivity contribution is -0.108. The van der Waals surface area contributed by atoms with Crippen molar-refractivity contribution in [3.05, 3.63) is 33.2 Å². The van der Waals surface area contributed by atoms with Gasteiger partial charge in [-0.3, -0.25) is 0 Å². The number of fused-ring (bicyclic) bond motifs is 5. The van der Waals surface area contributed by atoms with E-state index in [-0.39, 0.29) is 30.6 Å². The monoisotopic (exact) mass is 344 g/mol. The molecule has 2 aliphatic heterocycles. The number of carbonyl (C=O) groups is 2. The summed E-state index contributed by atoms with van der Waals surface area (Å²) in [6.07, 6.45) is 1.23. The fraction of sp³-hybridized carbons (Fsp3) is 0.389. The zero-order valence-electron chi connectivity index (χ0n) is 13.8. The van der Waals surface area contributed by atoms with Crippen molar-refractivity contribution in [2.24, 2.45) is 0 Å². The second kappa shape index (κ2) is 5.61. The molecule has 0 fully saturated rings. The molecule has 0 aliphatic carbocycles. The number of carbonyl (C=O) groups excluding carboxylic acids is 2. The van der Waals surface area contributed by atoms with Crippen molar-refractivity contribution in [3.8, 4) is 11.5 Å². The van der Waals surface area contributed by atoms with Gasteiger partial charge in [0.05, 0.1) is 19.1 Å². The predicted octanol–water partition coefficient (Wildman–Crippen LogP) is 1.97. The average molecular weight is 344 g/mol. The van der Waals surface area contributed by atoms with Gasteiger partial charge in [-0.05, 0) is 12.5 Å². The molecule has 2 aliphatic rings. The lowest BCUT2D eigenvalue weighted by atomic mass is 9.89. The van der Waals surface area contributed by atoms with Crippen LogP contribution in [-0.2, 0) is 16.0 Å². The second-order valence-electron chi connectivity index (χ2n) is 6.16. The Morgan fingerprint density at radius 3 is 2.88 bits per heavy atom. The summed E-state index contributed by atoms with van der Waals surface area (Å²) in [5.41, 5.74) is 0.729. The van der Waals surface area contributed by atoms with Crippen LogP contribution in [0, 0.1) is 0 Å². The molecule has 7 heteroatoms. The first-order valence-electron chi connectivity index (χ1n) is 8.04. The van der Waals surface area contributed by atoms with Crippen LogP contribution in [0.1, 0.15) is 40.7 Å². The molecule has 130 valence electrons. The van der Waals surface area contributed by atoms with E-state index in [1.807, 2.05) is 6.92 Å². The maximum atomic E-state index is 12.4. The summed E-state index contributed by atoms with van der Waals surface area (Å²) in [6, 6.07) is 1.72. The summed E-state index contributed by atoms with van der Waals surface area (Å²) in [5.74, 6) is 0.0822. The quantitative estimate of drug-likeness (QED) is 0.477. The van der Waals surface area contributed by atoms with Crippen LogP contribution in [0.2, 0.25) is 0 Å². The summed E-state index contributed by atoms with van der Waals surface area (Å²) in [7, 11) is 1.50. The van der Waals surface area contributed by atoms with E-state index in [2.05, 4.69) is 0 Å². The maximum Gasteiger partial charge on any atom is 0.351 e. The zero-order valence-corrected chi connectivity index (χ0v) is 13.8. The molecule has 1 aromatic carbocycles. The van der Waals surface area contributed by atoms with Crippen LogP contribution >= 0.6 is 0 Å². The van der Waals surface area contributed by atoms with Crippen molar-refractivity contribution in [1.82, 2.24) is 0 Å². The molecule has 0 spiro atoms. The molecule has 0 radical (unpaired) electrons. The summed E-state index contributed by atoms with van der Waals surface area (Å²) in [4.78, 5) is 35.5. The number of hydrogen-bond donors (Lipinski definition) is 0. The van der Waals surface area contributed by atoms with Crippen molar-refractivity contribution < 1.29 is 28.2 Å². The predicted molar refractivity (Wildman–Crippen MR) is 86.5 cm³/mol. The van der Waals surface area contributed by atoms with Gasteiger partial charge in [0.1, 0.15) is 35.0 Å². The standard InChI is InChI=1S/C18H16O7/c1-8-9(3-5-19)13-12(24-8)7-11(22-2)14-10-4-6-23-17(20)15(10)18(21)25-16(13)14/h5,7-9H,3-4,6H2,1-2H3/t8-,9+/m1/s1. The van der Waals surface area contributed by atoms with Gasteiger partial charge in [-0.2, -0.15) is 0 Å². The van der Waals surface area contributed by atoms with Gasteiger partial charge < -0.3 is 23.4 Å². The molecule has 0 amide bonds. The number of ether oxygens (including phenoxy) is 3. The Hall–Kier alpha value is -2.83. The minimum absolute atomic E-state index is 0.0871. The molecule has 2 aromatic rings. The van der Waals surface area contributed by atoms with Crippen LogP contribution in [0.3, 0.4) is 0 Å². The maximum absolute atomic E-state index is 12.4. The molecule has 7 nitrogen and oxygen atoms in total. The first-order chi connectivity index (χ1) is 12.1. The van der Waals surface area contributed by atoms with Crippen LogP contribution in [-0.4, -0.2) is 32.1 Å². The first-order valence-corrected chi connectivity index (χ1v) is 8.04. The number of cyclic esters (lactones) is 1. The molecule has 0 saturated carbocycles.